The first-order valence-corrected chi connectivity index (χ1v) is 5.49. The van der Waals surface area contributed by atoms with E-state index in [9.17, 15) is 0 Å². The highest BCUT2D eigenvalue weighted by molar-refractivity contribution is 5.68. The summed E-state index contributed by atoms with van der Waals surface area (Å²) in [6, 6.07) is 15.9. The fourth-order valence-corrected chi connectivity index (χ4v) is 2.03. The van der Waals surface area contributed by atoms with Crippen molar-refractivity contribution < 1.29 is 0 Å². The van der Waals surface area contributed by atoms with Crippen LogP contribution in [0.4, 0.5) is 0 Å². The monoisotopic (exact) mass is 210 g/mol. The summed E-state index contributed by atoms with van der Waals surface area (Å²) in [5.74, 6) is 0. The van der Waals surface area contributed by atoms with E-state index in [1.807, 2.05) is 6.07 Å². The first-order valence-electron chi connectivity index (χ1n) is 5.49. The summed E-state index contributed by atoms with van der Waals surface area (Å²) in [6.45, 7) is 4.72. The van der Waals surface area contributed by atoms with Gasteiger partial charge >= 0.3 is 0 Å². The van der Waals surface area contributed by atoms with Crippen LogP contribution < -0.4 is 5.73 Å². The van der Waals surface area contributed by atoms with Crippen molar-refractivity contribution in [3.8, 4) is 11.1 Å². The summed E-state index contributed by atoms with van der Waals surface area (Å²) < 4.78 is 0. The van der Waals surface area contributed by atoms with Crippen molar-refractivity contribution in [1.29, 1.82) is 0 Å². The fourth-order valence-electron chi connectivity index (χ4n) is 2.03. The normalized spacial score (nSPS) is 10.4. The molecule has 0 spiro atoms. The molecule has 1 nitrogen and oxygen atoms in total. The van der Waals surface area contributed by atoms with Gasteiger partial charge in [-0.2, -0.15) is 0 Å². The standard InChI is InChI=1S/C15H16N/c1-11-7-12(2)9-14(8-11)15-6-4-3-5-13(15)10-16/h3-6,8-9H,10,16H2,1-2H3. The van der Waals surface area contributed by atoms with Crippen LogP contribution in [0.2, 0.25) is 0 Å². The third kappa shape index (κ3) is 2.15. The van der Waals surface area contributed by atoms with Crippen molar-refractivity contribution in [1.82, 2.24) is 0 Å². The van der Waals surface area contributed by atoms with Gasteiger partial charge in [-0.1, -0.05) is 36.4 Å². The molecule has 0 aliphatic carbocycles. The van der Waals surface area contributed by atoms with Crippen LogP contribution in [0.1, 0.15) is 16.7 Å². The Hall–Kier alpha value is -1.60. The molecule has 0 heterocycles. The van der Waals surface area contributed by atoms with E-state index in [1.54, 1.807) is 0 Å². The third-order valence-corrected chi connectivity index (χ3v) is 2.69. The second-order valence-electron chi connectivity index (χ2n) is 4.10. The smallest absolute Gasteiger partial charge is 0.0184 e. The Morgan fingerprint density at radius 1 is 1.06 bits per heavy atom. The van der Waals surface area contributed by atoms with Gasteiger partial charge in [0, 0.05) is 6.54 Å². The molecule has 0 aliphatic heterocycles. The molecule has 0 aliphatic rings. The predicted molar refractivity (Wildman–Crippen MR) is 68.1 cm³/mol. The maximum atomic E-state index is 5.76. The van der Waals surface area contributed by atoms with Crippen molar-refractivity contribution in [2.45, 2.75) is 20.4 Å². The summed E-state index contributed by atoms with van der Waals surface area (Å²) >= 11 is 0. The Balaban J connectivity index is 2.58. The van der Waals surface area contributed by atoms with Crippen LogP contribution in [0.5, 0.6) is 0 Å². The first-order chi connectivity index (χ1) is 7.70. The maximum absolute atomic E-state index is 5.76. The zero-order chi connectivity index (χ0) is 11.5. The molecule has 2 rings (SSSR count). The van der Waals surface area contributed by atoms with E-state index in [0.717, 1.165) is 0 Å². The Labute approximate surface area is 96.9 Å². The van der Waals surface area contributed by atoms with Gasteiger partial charge in [-0.05, 0) is 47.7 Å². The quantitative estimate of drug-likeness (QED) is 0.809. The second kappa shape index (κ2) is 4.50. The van der Waals surface area contributed by atoms with Gasteiger partial charge in [-0.3, -0.25) is 0 Å². The molecule has 0 atom stereocenters. The van der Waals surface area contributed by atoms with Crippen molar-refractivity contribution in [2.75, 3.05) is 0 Å². The predicted octanol–water partition coefficient (Wildman–Crippen LogP) is 3.23. The average molecular weight is 210 g/mol. The van der Waals surface area contributed by atoms with E-state index in [-0.39, 0.29) is 0 Å². The molecule has 0 saturated carbocycles. The van der Waals surface area contributed by atoms with E-state index in [0.29, 0.717) is 6.54 Å². The van der Waals surface area contributed by atoms with E-state index >= 15 is 0 Å². The molecule has 0 unspecified atom stereocenters. The highest BCUT2D eigenvalue weighted by Gasteiger charge is 2.04. The maximum Gasteiger partial charge on any atom is 0.0184 e. The lowest BCUT2D eigenvalue weighted by Crippen LogP contribution is -1.98. The van der Waals surface area contributed by atoms with Crippen molar-refractivity contribution in [3.05, 3.63) is 59.2 Å². The molecular weight excluding hydrogens is 194 g/mol. The van der Waals surface area contributed by atoms with Gasteiger partial charge in [0.1, 0.15) is 0 Å². The molecule has 0 bridgehead atoms. The van der Waals surface area contributed by atoms with Gasteiger partial charge < -0.3 is 5.73 Å². The van der Waals surface area contributed by atoms with Crippen LogP contribution in [0.25, 0.3) is 11.1 Å². The second-order valence-corrected chi connectivity index (χ2v) is 4.10. The lowest BCUT2D eigenvalue weighted by molar-refractivity contribution is 1.07. The number of hydrogen-bond acceptors (Lipinski definition) is 1. The Kier molecular flexibility index (Phi) is 3.07. The van der Waals surface area contributed by atoms with Crippen LogP contribution in [-0.2, 0) is 6.54 Å². The summed E-state index contributed by atoms with van der Waals surface area (Å²) in [5.41, 5.74) is 11.7. The van der Waals surface area contributed by atoms with Gasteiger partial charge in [-0.15, -0.1) is 0 Å². The lowest BCUT2D eigenvalue weighted by atomic mass is 9.97. The molecule has 0 fully saturated rings. The minimum Gasteiger partial charge on any atom is -0.326 e. The molecule has 1 radical (unpaired) electrons. The molecular formula is C15H16N. The number of benzene rings is 2. The van der Waals surface area contributed by atoms with Crippen molar-refractivity contribution >= 4 is 0 Å². The zero-order valence-electron chi connectivity index (χ0n) is 9.75. The van der Waals surface area contributed by atoms with Crippen LogP contribution in [0.3, 0.4) is 0 Å². The third-order valence-electron chi connectivity index (χ3n) is 2.69. The molecule has 81 valence electrons. The molecule has 16 heavy (non-hydrogen) atoms. The highest BCUT2D eigenvalue weighted by Crippen LogP contribution is 2.25. The fraction of sp³-hybridized carbons (Fsp3) is 0.200. The van der Waals surface area contributed by atoms with E-state index in [4.69, 9.17) is 5.73 Å². The lowest BCUT2D eigenvalue weighted by Gasteiger charge is -2.09. The minimum atomic E-state index is 0.576. The molecule has 0 amide bonds. The summed E-state index contributed by atoms with van der Waals surface area (Å²) in [5, 5.41) is 0. The molecule has 2 aromatic carbocycles. The number of aryl methyl sites for hydroxylation is 2. The van der Waals surface area contributed by atoms with Gasteiger partial charge in [0.15, 0.2) is 0 Å². The Bertz CT molecular complexity index is 480. The number of hydrogen-bond donors (Lipinski definition) is 1. The van der Waals surface area contributed by atoms with Gasteiger partial charge in [0.05, 0.1) is 0 Å². The van der Waals surface area contributed by atoms with Crippen LogP contribution >= 0.6 is 0 Å². The van der Waals surface area contributed by atoms with Crippen LogP contribution in [0.15, 0.2) is 36.4 Å². The molecule has 0 saturated heterocycles. The van der Waals surface area contributed by atoms with E-state index in [2.05, 4.69) is 50.2 Å². The minimum absolute atomic E-state index is 0.576. The number of rotatable bonds is 2. The highest BCUT2D eigenvalue weighted by atomic mass is 14.5. The largest absolute Gasteiger partial charge is 0.326 e. The van der Waals surface area contributed by atoms with Gasteiger partial charge in [-0.25, -0.2) is 0 Å². The SMILES string of the molecule is Cc1[c]c(C)cc(-c2ccccc2CN)c1. The van der Waals surface area contributed by atoms with Crippen molar-refractivity contribution in [2.24, 2.45) is 5.73 Å². The first kappa shape index (κ1) is 10.9. The van der Waals surface area contributed by atoms with E-state index < -0.39 is 0 Å². The Morgan fingerprint density at radius 2 is 1.69 bits per heavy atom. The van der Waals surface area contributed by atoms with Crippen LogP contribution in [0, 0.1) is 19.9 Å². The van der Waals surface area contributed by atoms with E-state index in [1.165, 1.54) is 27.8 Å². The average Bonchev–Trinajstić information content (AvgIpc) is 2.27. The van der Waals surface area contributed by atoms with Gasteiger partial charge in [0.2, 0.25) is 0 Å². The molecule has 2 aromatic rings. The molecule has 2 N–H and O–H groups in total. The molecule has 1 heteroatoms. The summed E-state index contributed by atoms with van der Waals surface area (Å²) in [7, 11) is 0. The summed E-state index contributed by atoms with van der Waals surface area (Å²) in [4.78, 5) is 0. The zero-order valence-corrected chi connectivity index (χ0v) is 9.75. The van der Waals surface area contributed by atoms with Crippen molar-refractivity contribution in [3.63, 3.8) is 0 Å². The Morgan fingerprint density at radius 3 is 2.31 bits per heavy atom. The van der Waals surface area contributed by atoms with Crippen LogP contribution in [-0.4, -0.2) is 0 Å². The van der Waals surface area contributed by atoms with Gasteiger partial charge in [0.25, 0.3) is 0 Å². The molecule has 0 aromatic heterocycles. The number of nitrogens with two attached hydrogens (primary N) is 1. The summed E-state index contributed by atoms with van der Waals surface area (Å²) in [6.07, 6.45) is 0. The topological polar surface area (TPSA) is 26.0 Å².